The molecule has 1 saturated heterocycles. The Hall–Kier alpha value is -2.63. The zero-order valence-corrected chi connectivity index (χ0v) is 13.7. The van der Waals surface area contributed by atoms with Crippen LogP contribution in [0.4, 0.5) is 5.69 Å². The standard InChI is InChI=1S/C18H21N3O3/c1-2-9-20-10-7-13-3-4-14(12-15(13)20)19-16(22)8-11-21-17(23)5-6-18(21)24/h3-4,7,10,12H,2,5-6,8-9,11H2,1H3,(H,19,22). The highest BCUT2D eigenvalue weighted by atomic mass is 16.2. The van der Waals surface area contributed by atoms with Crippen molar-refractivity contribution in [1.82, 2.24) is 9.47 Å². The molecular formula is C18H21N3O3. The number of nitrogens with zero attached hydrogens (tertiary/aromatic N) is 2. The zero-order valence-electron chi connectivity index (χ0n) is 13.7. The third-order valence-electron chi connectivity index (χ3n) is 4.24. The van der Waals surface area contributed by atoms with Crippen molar-refractivity contribution >= 4 is 34.3 Å². The fourth-order valence-electron chi connectivity index (χ4n) is 3.01. The van der Waals surface area contributed by atoms with Crippen LogP contribution in [-0.2, 0) is 20.9 Å². The lowest BCUT2D eigenvalue weighted by Gasteiger charge is -2.13. The number of hydrogen-bond donors (Lipinski definition) is 1. The van der Waals surface area contributed by atoms with Gasteiger partial charge in [-0.25, -0.2) is 0 Å². The number of aryl methyl sites for hydroxylation is 1. The number of aromatic nitrogens is 1. The van der Waals surface area contributed by atoms with E-state index >= 15 is 0 Å². The summed E-state index contributed by atoms with van der Waals surface area (Å²) >= 11 is 0. The van der Waals surface area contributed by atoms with E-state index in [1.807, 2.05) is 24.4 Å². The Bertz CT molecular complexity index is 778. The molecular weight excluding hydrogens is 306 g/mol. The highest BCUT2D eigenvalue weighted by Gasteiger charge is 2.28. The number of fused-ring (bicyclic) bond motifs is 1. The molecule has 0 unspecified atom stereocenters. The lowest BCUT2D eigenvalue weighted by atomic mass is 10.2. The maximum Gasteiger partial charge on any atom is 0.229 e. The van der Waals surface area contributed by atoms with E-state index in [1.54, 1.807) is 0 Å². The summed E-state index contributed by atoms with van der Waals surface area (Å²) in [5.74, 6) is -0.575. The van der Waals surface area contributed by atoms with Gasteiger partial charge < -0.3 is 9.88 Å². The maximum atomic E-state index is 12.1. The number of likely N-dealkylation sites (tertiary alicyclic amines) is 1. The molecule has 2 aromatic rings. The summed E-state index contributed by atoms with van der Waals surface area (Å²) in [6, 6.07) is 7.85. The summed E-state index contributed by atoms with van der Waals surface area (Å²) in [6.07, 6.45) is 3.71. The highest BCUT2D eigenvalue weighted by Crippen LogP contribution is 2.21. The average molecular weight is 327 g/mol. The van der Waals surface area contributed by atoms with Gasteiger partial charge in [0.2, 0.25) is 17.7 Å². The van der Waals surface area contributed by atoms with Crippen molar-refractivity contribution in [2.75, 3.05) is 11.9 Å². The molecule has 1 aromatic carbocycles. The normalized spacial score (nSPS) is 14.6. The summed E-state index contributed by atoms with van der Waals surface area (Å²) in [7, 11) is 0. The van der Waals surface area contributed by atoms with Crippen LogP contribution in [0.2, 0.25) is 0 Å². The molecule has 0 saturated carbocycles. The molecule has 1 aromatic heterocycles. The fraction of sp³-hybridized carbons (Fsp3) is 0.389. The number of amides is 3. The Morgan fingerprint density at radius 1 is 1.12 bits per heavy atom. The van der Waals surface area contributed by atoms with Gasteiger partial charge in [-0.15, -0.1) is 0 Å². The maximum absolute atomic E-state index is 12.1. The minimum Gasteiger partial charge on any atom is -0.347 e. The number of anilines is 1. The quantitative estimate of drug-likeness (QED) is 0.829. The Kier molecular flexibility index (Phi) is 4.64. The molecule has 3 amide bonds. The summed E-state index contributed by atoms with van der Waals surface area (Å²) in [6.45, 7) is 3.20. The van der Waals surface area contributed by atoms with Crippen molar-refractivity contribution in [3.8, 4) is 0 Å². The minimum atomic E-state index is -0.199. The third kappa shape index (κ3) is 3.32. The van der Waals surface area contributed by atoms with Crippen molar-refractivity contribution < 1.29 is 14.4 Å². The highest BCUT2D eigenvalue weighted by molar-refractivity contribution is 6.02. The number of hydrogen-bond acceptors (Lipinski definition) is 3. The Morgan fingerprint density at radius 3 is 2.58 bits per heavy atom. The topological polar surface area (TPSA) is 71.4 Å². The first-order chi connectivity index (χ1) is 11.6. The molecule has 6 nitrogen and oxygen atoms in total. The molecule has 0 bridgehead atoms. The van der Waals surface area contributed by atoms with Crippen LogP contribution < -0.4 is 5.32 Å². The summed E-state index contributed by atoms with van der Waals surface area (Å²) in [5.41, 5.74) is 1.81. The van der Waals surface area contributed by atoms with E-state index in [9.17, 15) is 14.4 Å². The largest absolute Gasteiger partial charge is 0.347 e. The van der Waals surface area contributed by atoms with Crippen LogP contribution in [0.5, 0.6) is 0 Å². The van der Waals surface area contributed by atoms with Gasteiger partial charge in [-0.1, -0.05) is 13.0 Å². The van der Waals surface area contributed by atoms with E-state index in [0.29, 0.717) is 0 Å². The molecule has 0 atom stereocenters. The van der Waals surface area contributed by atoms with Crippen LogP contribution in [0.3, 0.4) is 0 Å². The van der Waals surface area contributed by atoms with Gasteiger partial charge in [0.1, 0.15) is 0 Å². The van der Waals surface area contributed by atoms with Gasteiger partial charge in [-0.3, -0.25) is 19.3 Å². The molecule has 0 aliphatic carbocycles. The van der Waals surface area contributed by atoms with Crippen LogP contribution in [0, 0.1) is 0 Å². The summed E-state index contributed by atoms with van der Waals surface area (Å²) in [4.78, 5) is 36.4. The number of carbonyl (C=O) groups excluding carboxylic acids is 3. The van der Waals surface area contributed by atoms with Gasteiger partial charge in [0.25, 0.3) is 0 Å². The summed E-state index contributed by atoms with van der Waals surface area (Å²) in [5, 5.41) is 3.98. The second-order valence-electron chi connectivity index (χ2n) is 6.02. The van der Waals surface area contributed by atoms with Crippen LogP contribution >= 0.6 is 0 Å². The molecule has 2 heterocycles. The number of rotatable bonds is 6. The second-order valence-corrected chi connectivity index (χ2v) is 6.02. The van der Waals surface area contributed by atoms with Gasteiger partial charge in [-0.05, 0) is 30.0 Å². The van der Waals surface area contributed by atoms with Gasteiger partial charge in [-0.2, -0.15) is 0 Å². The van der Waals surface area contributed by atoms with Gasteiger partial charge >= 0.3 is 0 Å². The number of imide groups is 1. The predicted octanol–water partition coefficient (Wildman–Crippen LogP) is 2.53. The lowest BCUT2D eigenvalue weighted by molar-refractivity contribution is -0.138. The monoisotopic (exact) mass is 327 g/mol. The third-order valence-corrected chi connectivity index (χ3v) is 4.24. The molecule has 0 radical (unpaired) electrons. The second kappa shape index (κ2) is 6.86. The molecule has 24 heavy (non-hydrogen) atoms. The van der Waals surface area contributed by atoms with Crippen molar-refractivity contribution in [2.45, 2.75) is 39.2 Å². The lowest BCUT2D eigenvalue weighted by Crippen LogP contribution is -2.32. The van der Waals surface area contributed by atoms with E-state index in [2.05, 4.69) is 22.9 Å². The number of benzene rings is 1. The Morgan fingerprint density at radius 2 is 1.88 bits per heavy atom. The van der Waals surface area contributed by atoms with Gasteiger partial charge in [0.15, 0.2) is 0 Å². The van der Waals surface area contributed by atoms with Crippen molar-refractivity contribution in [1.29, 1.82) is 0 Å². The smallest absolute Gasteiger partial charge is 0.229 e. The molecule has 126 valence electrons. The van der Waals surface area contributed by atoms with E-state index in [-0.39, 0.29) is 43.5 Å². The summed E-state index contributed by atoms with van der Waals surface area (Å²) < 4.78 is 2.16. The minimum absolute atomic E-state index is 0.117. The van der Waals surface area contributed by atoms with Crippen LogP contribution in [0.1, 0.15) is 32.6 Å². The Labute approximate surface area is 140 Å². The fourth-order valence-corrected chi connectivity index (χ4v) is 3.01. The van der Waals surface area contributed by atoms with E-state index in [4.69, 9.17) is 0 Å². The van der Waals surface area contributed by atoms with Crippen molar-refractivity contribution in [3.05, 3.63) is 30.5 Å². The SMILES string of the molecule is CCCn1ccc2ccc(NC(=O)CCN3C(=O)CCC3=O)cc21. The zero-order chi connectivity index (χ0) is 17.1. The molecule has 1 aliphatic heterocycles. The molecule has 1 N–H and O–H groups in total. The molecule has 1 aliphatic rings. The predicted molar refractivity (Wildman–Crippen MR) is 91.4 cm³/mol. The first-order valence-corrected chi connectivity index (χ1v) is 8.30. The molecule has 0 spiro atoms. The van der Waals surface area contributed by atoms with Crippen LogP contribution in [0.25, 0.3) is 10.9 Å². The van der Waals surface area contributed by atoms with Gasteiger partial charge in [0.05, 0.1) is 5.52 Å². The molecule has 3 rings (SSSR count). The van der Waals surface area contributed by atoms with Crippen molar-refractivity contribution in [2.24, 2.45) is 0 Å². The van der Waals surface area contributed by atoms with Gasteiger partial charge in [0, 0.05) is 44.2 Å². The number of nitrogens with one attached hydrogen (secondary N) is 1. The van der Waals surface area contributed by atoms with Crippen LogP contribution in [0.15, 0.2) is 30.5 Å². The van der Waals surface area contributed by atoms with E-state index in [1.165, 1.54) is 4.90 Å². The first kappa shape index (κ1) is 16.2. The van der Waals surface area contributed by atoms with E-state index in [0.717, 1.165) is 29.6 Å². The van der Waals surface area contributed by atoms with Crippen LogP contribution in [-0.4, -0.2) is 33.7 Å². The first-order valence-electron chi connectivity index (χ1n) is 8.30. The molecule has 1 fully saturated rings. The van der Waals surface area contributed by atoms with E-state index < -0.39 is 0 Å². The average Bonchev–Trinajstić information content (AvgIpc) is 3.10. The number of carbonyl (C=O) groups is 3. The van der Waals surface area contributed by atoms with Crippen molar-refractivity contribution in [3.63, 3.8) is 0 Å². The Balaban J connectivity index is 1.63. The molecule has 6 heteroatoms.